The molecule has 0 aliphatic rings. The van der Waals surface area contributed by atoms with Crippen molar-refractivity contribution in [2.75, 3.05) is 14.1 Å². The minimum absolute atomic E-state index is 0. The van der Waals surface area contributed by atoms with Gasteiger partial charge in [0.05, 0.1) is 0 Å². The van der Waals surface area contributed by atoms with Crippen molar-refractivity contribution >= 4 is 0 Å². The predicted molar refractivity (Wildman–Crippen MR) is 44.2 cm³/mol. The molecule has 0 spiro atoms. The van der Waals surface area contributed by atoms with Crippen LogP contribution in [0.3, 0.4) is 0 Å². The van der Waals surface area contributed by atoms with Gasteiger partial charge in [0.25, 0.3) is 0 Å². The molecular weight excluding hydrogens is 126 g/mol. The van der Waals surface area contributed by atoms with Crippen molar-refractivity contribution < 1.29 is 0 Å². The van der Waals surface area contributed by atoms with Gasteiger partial charge in [-0.05, 0) is 26.2 Å². The van der Waals surface area contributed by atoms with Crippen LogP contribution in [0.5, 0.6) is 0 Å². The molecule has 0 unspecified atom stereocenters. The lowest BCUT2D eigenvalue weighted by atomic mass is 10.5. The van der Waals surface area contributed by atoms with Gasteiger partial charge in [0.1, 0.15) is 0 Å². The largest absolute Gasteiger partial charge is 0.344 e. The van der Waals surface area contributed by atoms with E-state index < -0.39 is 0 Å². The molecule has 58 valence electrons. The molecular formula is C7H15N3. The van der Waals surface area contributed by atoms with E-state index in [9.17, 15) is 0 Å². The minimum Gasteiger partial charge on any atom is -0.344 e. The first-order valence-electron chi connectivity index (χ1n) is 2.85. The summed E-state index contributed by atoms with van der Waals surface area (Å²) in [6.45, 7) is 0. The van der Waals surface area contributed by atoms with Crippen LogP contribution in [-0.4, -0.2) is 19.1 Å². The topological polar surface area (TPSA) is 59.9 Å². The van der Waals surface area contributed by atoms with Crippen molar-refractivity contribution in [1.82, 2.24) is 16.5 Å². The van der Waals surface area contributed by atoms with Gasteiger partial charge in [-0.3, -0.25) is 4.98 Å². The van der Waals surface area contributed by atoms with Crippen LogP contribution in [0, 0.1) is 0 Å². The number of hydrogen-bond donors (Lipinski definition) is 2. The maximum absolute atomic E-state index is 3.78. The lowest BCUT2D eigenvalue weighted by Crippen LogP contribution is -1.89. The fourth-order valence-corrected chi connectivity index (χ4v) is 0.313. The molecule has 0 aromatic carbocycles. The zero-order valence-corrected chi connectivity index (χ0v) is 6.54. The zero-order valence-electron chi connectivity index (χ0n) is 6.54. The fourth-order valence-electron chi connectivity index (χ4n) is 0.313. The molecule has 0 aliphatic heterocycles. The van der Waals surface area contributed by atoms with Crippen LogP contribution in [0.2, 0.25) is 0 Å². The van der Waals surface area contributed by atoms with E-state index >= 15 is 0 Å². The normalized spacial score (nSPS) is 6.60. The van der Waals surface area contributed by atoms with Crippen molar-refractivity contribution in [3.63, 3.8) is 0 Å². The molecule has 1 aromatic rings. The van der Waals surface area contributed by atoms with Crippen LogP contribution in [0.4, 0.5) is 0 Å². The first-order valence-corrected chi connectivity index (χ1v) is 2.85. The molecule has 3 heteroatoms. The standard InChI is InChI=1S/C5H5N.C2H7N.H3N/c1-2-4-6-5-3-1;1-3-2;/h1-5H;3H,1-2H3;1H3. The van der Waals surface area contributed by atoms with Crippen LogP contribution in [0.1, 0.15) is 0 Å². The third kappa shape index (κ3) is 10.1. The van der Waals surface area contributed by atoms with Crippen molar-refractivity contribution in [2.24, 2.45) is 0 Å². The molecule has 1 aromatic heterocycles. The van der Waals surface area contributed by atoms with E-state index in [-0.39, 0.29) is 6.15 Å². The summed E-state index contributed by atoms with van der Waals surface area (Å²) in [5.74, 6) is 0. The van der Waals surface area contributed by atoms with Crippen LogP contribution >= 0.6 is 0 Å². The molecule has 0 atom stereocenters. The second-order valence-corrected chi connectivity index (χ2v) is 1.52. The van der Waals surface area contributed by atoms with Crippen LogP contribution < -0.4 is 11.5 Å². The first kappa shape index (κ1) is 11.8. The highest BCUT2D eigenvalue weighted by atomic mass is 14.7. The summed E-state index contributed by atoms with van der Waals surface area (Å²) in [6.07, 6.45) is 3.50. The van der Waals surface area contributed by atoms with Crippen molar-refractivity contribution in [3.8, 4) is 0 Å². The van der Waals surface area contributed by atoms with E-state index in [4.69, 9.17) is 0 Å². The monoisotopic (exact) mass is 141 g/mol. The Morgan fingerprint density at radius 1 is 1.00 bits per heavy atom. The third-order valence-corrected chi connectivity index (χ3v) is 0.566. The highest BCUT2D eigenvalue weighted by Gasteiger charge is 1.58. The molecule has 0 fully saturated rings. The molecule has 0 saturated carbocycles. The van der Waals surface area contributed by atoms with E-state index in [0.29, 0.717) is 0 Å². The second kappa shape index (κ2) is 10.9. The van der Waals surface area contributed by atoms with Gasteiger partial charge in [-0.15, -0.1) is 0 Å². The molecule has 4 N–H and O–H groups in total. The Morgan fingerprint density at radius 3 is 1.50 bits per heavy atom. The molecule has 0 aliphatic carbocycles. The van der Waals surface area contributed by atoms with E-state index in [1.165, 1.54) is 0 Å². The van der Waals surface area contributed by atoms with E-state index in [0.717, 1.165) is 0 Å². The number of aromatic nitrogens is 1. The Bertz CT molecular complexity index is 91.7. The molecule has 0 saturated heterocycles. The fraction of sp³-hybridized carbons (Fsp3) is 0.286. The Kier molecular flexibility index (Phi) is 12.9. The molecule has 3 nitrogen and oxygen atoms in total. The van der Waals surface area contributed by atoms with E-state index in [1.54, 1.807) is 12.4 Å². The lowest BCUT2D eigenvalue weighted by Gasteiger charge is -1.70. The summed E-state index contributed by atoms with van der Waals surface area (Å²) in [4.78, 5) is 3.78. The van der Waals surface area contributed by atoms with Gasteiger partial charge in [0.15, 0.2) is 0 Å². The molecule has 0 amide bonds. The van der Waals surface area contributed by atoms with Crippen molar-refractivity contribution in [1.29, 1.82) is 0 Å². The summed E-state index contributed by atoms with van der Waals surface area (Å²) in [6, 6.07) is 5.72. The van der Waals surface area contributed by atoms with Gasteiger partial charge >= 0.3 is 0 Å². The Balaban J connectivity index is 0. The van der Waals surface area contributed by atoms with Gasteiger partial charge in [-0.25, -0.2) is 0 Å². The Labute approximate surface area is 62.1 Å². The summed E-state index contributed by atoms with van der Waals surface area (Å²) in [5.41, 5.74) is 0. The average molecular weight is 141 g/mol. The van der Waals surface area contributed by atoms with Crippen LogP contribution in [-0.2, 0) is 0 Å². The van der Waals surface area contributed by atoms with Gasteiger partial charge in [-0.1, -0.05) is 6.07 Å². The van der Waals surface area contributed by atoms with Gasteiger partial charge in [-0.2, -0.15) is 0 Å². The van der Waals surface area contributed by atoms with Crippen molar-refractivity contribution in [3.05, 3.63) is 30.6 Å². The number of hydrogen-bond acceptors (Lipinski definition) is 3. The number of nitrogens with zero attached hydrogens (tertiary/aromatic N) is 1. The zero-order chi connectivity index (χ0) is 6.95. The molecule has 0 bridgehead atoms. The lowest BCUT2D eigenvalue weighted by molar-refractivity contribution is 1.02. The Hall–Kier alpha value is -0.930. The smallest absolute Gasteiger partial charge is 0.0267 e. The molecule has 0 radical (unpaired) electrons. The maximum Gasteiger partial charge on any atom is 0.0267 e. The molecule has 1 heterocycles. The molecule has 10 heavy (non-hydrogen) atoms. The molecule has 1 rings (SSSR count). The van der Waals surface area contributed by atoms with Gasteiger partial charge < -0.3 is 11.5 Å². The average Bonchev–Trinajstić information content (AvgIpc) is 1.93. The highest BCUT2D eigenvalue weighted by molar-refractivity contribution is 4.88. The van der Waals surface area contributed by atoms with Crippen molar-refractivity contribution in [2.45, 2.75) is 0 Å². The summed E-state index contributed by atoms with van der Waals surface area (Å²) < 4.78 is 0. The van der Waals surface area contributed by atoms with E-state index in [2.05, 4.69) is 10.3 Å². The van der Waals surface area contributed by atoms with Crippen LogP contribution in [0.15, 0.2) is 30.6 Å². The maximum atomic E-state index is 3.78. The van der Waals surface area contributed by atoms with Gasteiger partial charge in [0.2, 0.25) is 0 Å². The third-order valence-electron chi connectivity index (χ3n) is 0.566. The number of pyridine rings is 1. The summed E-state index contributed by atoms with van der Waals surface area (Å²) in [7, 11) is 3.75. The highest BCUT2D eigenvalue weighted by Crippen LogP contribution is 1.73. The summed E-state index contributed by atoms with van der Waals surface area (Å²) >= 11 is 0. The second-order valence-electron chi connectivity index (χ2n) is 1.52. The van der Waals surface area contributed by atoms with Crippen LogP contribution in [0.25, 0.3) is 0 Å². The van der Waals surface area contributed by atoms with Gasteiger partial charge in [0, 0.05) is 12.4 Å². The quantitative estimate of drug-likeness (QED) is 0.568. The number of rotatable bonds is 0. The minimum atomic E-state index is 0. The SMILES string of the molecule is CNC.N.c1ccncc1. The first-order chi connectivity index (χ1) is 4.41. The Morgan fingerprint density at radius 2 is 1.40 bits per heavy atom. The van der Waals surface area contributed by atoms with E-state index in [1.807, 2.05) is 32.3 Å². The summed E-state index contributed by atoms with van der Waals surface area (Å²) in [5, 5.41) is 2.75. The number of nitrogens with one attached hydrogen (secondary N) is 1. The predicted octanol–water partition coefficient (Wildman–Crippen LogP) is 1.08.